The van der Waals surface area contributed by atoms with Gasteiger partial charge >= 0.3 is 5.97 Å². The predicted octanol–water partition coefficient (Wildman–Crippen LogP) is 3.62. The minimum absolute atomic E-state index is 0.120. The molecule has 2 aromatic carbocycles. The molecule has 23 heavy (non-hydrogen) atoms. The van der Waals surface area contributed by atoms with E-state index >= 15 is 0 Å². The third kappa shape index (κ3) is 3.88. The van der Waals surface area contributed by atoms with Crippen LogP contribution < -0.4 is 4.74 Å². The van der Waals surface area contributed by atoms with Gasteiger partial charge in [-0.1, -0.05) is 23.4 Å². The van der Waals surface area contributed by atoms with Gasteiger partial charge in [0.15, 0.2) is 5.71 Å². The fourth-order valence-electron chi connectivity index (χ4n) is 2.15. The molecule has 0 radical (unpaired) electrons. The van der Waals surface area contributed by atoms with Crippen molar-refractivity contribution < 1.29 is 19.1 Å². The molecule has 0 aliphatic rings. The topological polar surface area (TPSA) is 57.1 Å². The summed E-state index contributed by atoms with van der Waals surface area (Å²) in [6.07, 6.45) is 0. The third-order valence-electron chi connectivity index (χ3n) is 3.34. The van der Waals surface area contributed by atoms with E-state index in [9.17, 15) is 4.79 Å². The van der Waals surface area contributed by atoms with Crippen LogP contribution in [0.3, 0.4) is 0 Å². The van der Waals surface area contributed by atoms with Gasteiger partial charge in [-0.05, 0) is 49.2 Å². The molecule has 0 saturated heterocycles. The van der Waals surface area contributed by atoms with Crippen LogP contribution in [0.15, 0.2) is 47.6 Å². The standard InChI is InChI=1S/C18H19NO4/c1-12-7-5-6-8-16(12)23-14-9-10-15(13(2)11-14)17(19-22-4)18(20)21-3/h5-11H,1-4H3. The van der Waals surface area contributed by atoms with Gasteiger partial charge in [-0.3, -0.25) is 0 Å². The fourth-order valence-corrected chi connectivity index (χ4v) is 2.15. The fraction of sp³-hybridized carbons (Fsp3) is 0.222. The second kappa shape index (κ2) is 7.45. The minimum Gasteiger partial charge on any atom is -0.464 e. The van der Waals surface area contributed by atoms with Crippen molar-refractivity contribution in [1.29, 1.82) is 0 Å². The van der Waals surface area contributed by atoms with Crippen LogP contribution in [-0.2, 0) is 14.4 Å². The summed E-state index contributed by atoms with van der Waals surface area (Å²) in [6, 6.07) is 13.2. The number of benzene rings is 2. The number of carbonyl (C=O) groups is 1. The lowest BCUT2D eigenvalue weighted by Gasteiger charge is -2.12. The number of aryl methyl sites for hydroxylation is 2. The van der Waals surface area contributed by atoms with Crippen LogP contribution >= 0.6 is 0 Å². The Morgan fingerprint density at radius 1 is 1.00 bits per heavy atom. The van der Waals surface area contributed by atoms with Crippen molar-refractivity contribution >= 4 is 11.7 Å². The van der Waals surface area contributed by atoms with Crippen molar-refractivity contribution in [2.24, 2.45) is 5.16 Å². The van der Waals surface area contributed by atoms with Gasteiger partial charge in [0.25, 0.3) is 0 Å². The van der Waals surface area contributed by atoms with Crippen molar-refractivity contribution in [3.8, 4) is 11.5 Å². The number of hydrogen-bond acceptors (Lipinski definition) is 5. The van der Waals surface area contributed by atoms with Gasteiger partial charge in [0.05, 0.1) is 7.11 Å². The lowest BCUT2D eigenvalue weighted by Crippen LogP contribution is -2.18. The van der Waals surface area contributed by atoms with Crippen molar-refractivity contribution in [3.63, 3.8) is 0 Å². The summed E-state index contributed by atoms with van der Waals surface area (Å²) in [4.78, 5) is 16.5. The Morgan fingerprint density at radius 3 is 2.35 bits per heavy atom. The number of ether oxygens (including phenoxy) is 2. The van der Waals surface area contributed by atoms with Gasteiger partial charge in [-0.25, -0.2) is 4.79 Å². The molecule has 2 rings (SSSR count). The largest absolute Gasteiger partial charge is 0.464 e. The molecule has 0 atom stereocenters. The molecule has 2 aromatic rings. The van der Waals surface area contributed by atoms with E-state index in [1.54, 1.807) is 12.1 Å². The first kappa shape index (κ1) is 16.5. The van der Waals surface area contributed by atoms with E-state index in [1.165, 1.54) is 14.2 Å². The molecule has 0 amide bonds. The molecule has 120 valence electrons. The van der Waals surface area contributed by atoms with Gasteiger partial charge in [0.2, 0.25) is 0 Å². The first-order valence-electron chi connectivity index (χ1n) is 7.10. The first-order valence-corrected chi connectivity index (χ1v) is 7.10. The smallest absolute Gasteiger partial charge is 0.360 e. The van der Waals surface area contributed by atoms with E-state index < -0.39 is 5.97 Å². The number of esters is 1. The summed E-state index contributed by atoms with van der Waals surface area (Å²) >= 11 is 0. The normalized spacial score (nSPS) is 11.0. The Hall–Kier alpha value is -2.82. The van der Waals surface area contributed by atoms with E-state index in [2.05, 4.69) is 5.16 Å². The lowest BCUT2D eigenvalue weighted by atomic mass is 10.0. The van der Waals surface area contributed by atoms with Crippen LogP contribution in [0.1, 0.15) is 16.7 Å². The molecule has 5 heteroatoms. The van der Waals surface area contributed by atoms with Crippen molar-refractivity contribution in [2.75, 3.05) is 14.2 Å². The monoisotopic (exact) mass is 313 g/mol. The second-order valence-corrected chi connectivity index (χ2v) is 4.96. The van der Waals surface area contributed by atoms with Crippen LogP contribution in [0.5, 0.6) is 11.5 Å². The summed E-state index contributed by atoms with van der Waals surface area (Å²) < 4.78 is 10.6. The number of rotatable bonds is 5. The zero-order valence-corrected chi connectivity index (χ0v) is 13.6. The average Bonchev–Trinajstić information content (AvgIpc) is 2.55. The van der Waals surface area contributed by atoms with Crippen molar-refractivity contribution in [2.45, 2.75) is 13.8 Å². The molecule has 0 bridgehead atoms. The predicted molar refractivity (Wildman–Crippen MR) is 88.0 cm³/mol. The summed E-state index contributed by atoms with van der Waals surface area (Å²) in [5, 5.41) is 3.76. The molecule has 0 saturated carbocycles. The number of oxime groups is 1. The average molecular weight is 313 g/mol. The van der Waals surface area contributed by atoms with E-state index in [0.717, 1.165) is 16.9 Å². The highest BCUT2D eigenvalue weighted by atomic mass is 16.6. The maximum atomic E-state index is 11.8. The summed E-state index contributed by atoms with van der Waals surface area (Å²) in [5.41, 5.74) is 2.63. The van der Waals surface area contributed by atoms with Gasteiger partial charge in [0, 0.05) is 5.56 Å². The molecule has 0 fully saturated rings. The molecule has 0 N–H and O–H groups in total. The quantitative estimate of drug-likeness (QED) is 0.480. The molecule has 0 aromatic heterocycles. The summed E-state index contributed by atoms with van der Waals surface area (Å²) in [5.74, 6) is 0.920. The van der Waals surface area contributed by atoms with Gasteiger partial charge < -0.3 is 14.3 Å². The molecule has 0 aliphatic heterocycles. The zero-order valence-electron chi connectivity index (χ0n) is 13.6. The summed E-state index contributed by atoms with van der Waals surface area (Å²) in [7, 11) is 2.69. The Morgan fingerprint density at radius 2 is 1.74 bits per heavy atom. The highest BCUT2D eigenvalue weighted by Gasteiger charge is 2.18. The van der Waals surface area contributed by atoms with Crippen LogP contribution in [0.4, 0.5) is 0 Å². The number of nitrogens with zero attached hydrogens (tertiary/aromatic N) is 1. The number of para-hydroxylation sites is 1. The summed E-state index contributed by atoms with van der Waals surface area (Å²) in [6.45, 7) is 3.85. The van der Waals surface area contributed by atoms with E-state index in [1.807, 2.05) is 44.2 Å². The Balaban J connectivity index is 2.32. The minimum atomic E-state index is -0.553. The van der Waals surface area contributed by atoms with Crippen molar-refractivity contribution in [3.05, 3.63) is 59.2 Å². The lowest BCUT2D eigenvalue weighted by molar-refractivity contribution is -0.132. The highest BCUT2D eigenvalue weighted by molar-refractivity contribution is 6.43. The van der Waals surface area contributed by atoms with Crippen molar-refractivity contribution in [1.82, 2.24) is 0 Å². The Kier molecular flexibility index (Phi) is 5.36. The van der Waals surface area contributed by atoms with E-state index in [-0.39, 0.29) is 5.71 Å². The number of methoxy groups -OCH3 is 1. The van der Waals surface area contributed by atoms with Gasteiger partial charge in [-0.15, -0.1) is 0 Å². The second-order valence-electron chi connectivity index (χ2n) is 4.96. The maximum absolute atomic E-state index is 11.8. The number of hydrogen-bond donors (Lipinski definition) is 0. The molecular weight excluding hydrogens is 294 g/mol. The molecular formula is C18H19NO4. The highest BCUT2D eigenvalue weighted by Crippen LogP contribution is 2.26. The Labute approximate surface area is 135 Å². The zero-order chi connectivity index (χ0) is 16.8. The SMILES string of the molecule is CON=C(C(=O)OC)c1ccc(Oc2ccccc2C)cc1C. The van der Waals surface area contributed by atoms with Crippen LogP contribution in [0, 0.1) is 13.8 Å². The van der Waals surface area contributed by atoms with E-state index in [4.69, 9.17) is 14.3 Å². The van der Waals surface area contributed by atoms with Gasteiger partial charge in [0.1, 0.15) is 18.6 Å². The van der Waals surface area contributed by atoms with Crippen LogP contribution in [0.2, 0.25) is 0 Å². The number of carbonyl (C=O) groups excluding carboxylic acids is 1. The van der Waals surface area contributed by atoms with Gasteiger partial charge in [-0.2, -0.15) is 0 Å². The molecule has 5 nitrogen and oxygen atoms in total. The molecule has 0 unspecified atom stereocenters. The maximum Gasteiger partial charge on any atom is 0.360 e. The molecule has 0 heterocycles. The van der Waals surface area contributed by atoms with Crippen LogP contribution in [-0.4, -0.2) is 25.9 Å². The third-order valence-corrected chi connectivity index (χ3v) is 3.34. The van der Waals surface area contributed by atoms with E-state index in [0.29, 0.717) is 11.3 Å². The van der Waals surface area contributed by atoms with Crippen LogP contribution in [0.25, 0.3) is 0 Å². The molecule has 0 aliphatic carbocycles. The Bertz CT molecular complexity index is 738. The first-order chi connectivity index (χ1) is 11.1. The molecule has 0 spiro atoms.